The standard InChI is InChI=1S/C12H14ClFN2O3/c1-7(2)10(13)6-15-12(17)9-5-8(14)3-4-11(9)16(18)19/h3-5,7,10H,6H2,1-2H3,(H,15,17). The van der Waals surface area contributed by atoms with Crippen molar-refractivity contribution in [2.24, 2.45) is 5.92 Å². The lowest BCUT2D eigenvalue weighted by Crippen LogP contribution is -2.32. The first-order valence-electron chi connectivity index (χ1n) is 5.69. The van der Waals surface area contributed by atoms with Gasteiger partial charge in [-0.2, -0.15) is 0 Å². The third-order valence-electron chi connectivity index (χ3n) is 2.58. The van der Waals surface area contributed by atoms with Crippen LogP contribution in [-0.2, 0) is 0 Å². The second-order valence-corrected chi connectivity index (χ2v) is 4.95. The lowest BCUT2D eigenvalue weighted by molar-refractivity contribution is -0.385. The fourth-order valence-electron chi connectivity index (χ4n) is 1.37. The van der Waals surface area contributed by atoms with Crippen LogP contribution < -0.4 is 5.32 Å². The normalized spacial score (nSPS) is 12.3. The van der Waals surface area contributed by atoms with Gasteiger partial charge in [-0.3, -0.25) is 14.9 Å². The van der Waals surface area contributed by atoms with Crippen molar-refractivity contribution >= 4 is 23.2 Å². The summed E-state index contributed by atoms with van der Waals surface area (Å²) in [5.74, 6) is -1.27. The first-order valence-corrected chi connectivity index (χ1v) is 6.12. The maximum Gasteiger partial charge on any atom is 0.282 e. The number of nitrogens with one attached hydrogen (secondary N) is 1. The summed E-state index contributed by atoms with van der Waals surface area (Å²) < 4.78 is 13.1. The van der Waals surface area contributed by atoms with E-state index in [1.807, 2.05) is 13.8 Å². The van der Waals surface area contributed by atoms with E-state index in [-0.39, 0.29) is 23.4 Å². The third kappa shape index (κ3) is 4.17. The molecule has 1 N–H and O–H groups in total. The smallest absolute Gasteiger partial charge is 0.282 e. The van der Waals surface area contributed by atoms with Crippen molar-refractivity contribution < 1.29 is 14.1 Å². The van der Waals surface area contributed by atoms with Crippen molar-refractivity contribution in [3.8, 4) is 0 Å². The number of carbonyl (C=O) groups is 1. The number of amides is 1. The highest BCUT2D eigenvalue weighted by Gasteiger charge is 2.21. The van der Waals surface area contributed by atoms with E-state index in [2.05, 4.69) is 5.32 Å². The van der Waals surface area contributed by atoms with Gasteiger partial charge >= 0.3 is 0 Å². The molecule has 1 aromatic carbocycles. The van der Waals surface area contributed by atoms with Crippen LogP contribution in [0.2, 0.25) is 0 Å². The number of nitrogens with zero attached hydrogens (tertiary/aromatic N) is 1. The molecule has 1 unspecified atom stereocenters. The minimum atomic E-state index is -0.727. The van der Waals surface area contributed by atoms with Crippen molar-refractivity contribution in [2.45, 2.75) is 19.2 Å². The van der Waals surface area contributed by atoms with Crippen LogP contribution >= 0.6 is 11.6 Å². The molecule has 0 radical (unpaired) electrons. The predicted molar refractivity (Wildman–Crippen MR) is 69.9 cm³/mol. The summed E-state index contributed by atoms with van der Waals surface area (Å²) in [6.07, 6.45) is 0. The maximum atomic E-state index is 13.1. The Balaban J connectivity index is 2.87. The topological polar surface area (TPSA) is 72.2 Å². The SMILES string of the molecule is CC(C)C(Cl)CNC(=O)c1cc(F)ccc1[N+](=O)[O-]. The molecule has 19 heavy (non-hydrogen) atoms. The number of hydrogen-bond acceptors (Lipinski definition) is 3. The Morgan fingerprint density at radius 1 is 1.53 bits per heavy atom. The van der Waals surface area contributed by atoms with Gasteiger partial charge in [0.25, 0.3) is 11.6 Å². The predicted octanol–water partition coefficient (Wildman–Crippen LogP) is 2.73. The molecule has 1 rings (SSSR count). The number of benzene rings is 1. The summed E-state index contributed by atoms with van der Waals surface area (Å²) in [5, 5.41) is 12.9. The number of hydrogen-bond donors (Lipinski definition) is 1. The summed E-state index contributed by atoms with van der Waals surface area (Å²) in [6, 6.07) is 2.74. The zero-order valence-electron chi connectivity index (χ0n) is 10.5. The van der Waals surface area contributed by atoms with E-state index >= 15 is 0 Å². The van der Waals surface area contributed by atoms with E-state index in [9.17, 15) is 19.3 Å². The highest BCUT2D eigenvalue weighted by molar-refractivity contribution is 6.21. The van der Waals surface area contributed by atoms with Crippen LogP contribution in [0, 0.1) is 21.8 Å². The van der Waals surface area contributed by atoms with Crippen LogP contribution in [-0.4, -0.2) is 22.8 Å². The summed E-state index contributed by atoms with van der Waals surface area (Å²) in [6.45, 7) is 3.93. The van der Waals surface area contributed by atoms with Crippen molar-refractivity contribution in [3.05, 3.63) is 39.7 Å². The molecule has 5 nitrogen and oxygen atoms in total. The van der Waals surface area contributed by atoms with E-state index < -0.39 is 22.3 Å². The summed E-state index contributed by atoms with van der Waals surface area (Å²) in [5.41, 5.74) is -0.743. The second kappa shape index (κ2) is 6.47. The Labute approximate surface area is 114 Å². The Kier molecular flexibility index (Phi) is 5.23. The van der Waals surface area contributed by atoms with Crippen LogP contribution in [0.25, 0.3) is 0 Å². The third-order valence-corrected chi connectivity index (χ3v) is 3.24. The van der Waals surface area contributed by atoms with Gasteiger partial charge in [-0.05, 0) is 18.1 Å². The van der Waals surface area contributed by atoms with E-state index in [0.717, 1.165) is 18.2 Å². The highest BCUT2D eigenvalue weighted by Crippen LogP contribution is 2.19. The number of nitro benzene ring substituents is 1. The molecule has 104 valence electrons. The zero-order valence-corrected chi connectivity index (χ0v) is 11.3. The van der Waals surface area contributed by atoms with Crippen molar-refractivity contribution in [3.63, 3.8) is 0 Å². The molecule has 1 amide bonds. The molecular formula is C12H14ClFN2O3. The summed E-state index contributed by atoms with van der Waals surface area (Å²) in [4.78, 5) is 21.8. The monoisotopic (exact) mass is 288 g/mol. The van der Waals surface area contributed by atoms with Gasteiger partial charge in [0.1, 0.15) is 11.4 Å². The van der Waals surface area contributed by atoms with Crippen molar-refractivity contribution in [1.29, 1.82) is 0 Å². The average Bonchev–Trinajstić information content (AvgIpc) is 2.34. The number of nitro groups is 1. The molecule has 0 bridgehead atoms. The Morgan fingerprint density at radius 2 is 2.16 bits per heavy atom. The van der Waals surface area contributed by atoms with Gasteiger partial charge in [0.05, 0.1) is 10.3 Å². The number of carbonyl (C=O) groups excluding carboxylic acids is 1. The molecule has 0 fully saturated rings. The summed E-state index contributed by atoms with van der Waals surface area (Å²) in [7, 11) is 0. The molecule has 1 aromatic rings. The Morgan fingerprint density at radius 3 is 2.68 bits per heavy atom. The molecule has 0 spiro atoms. The fraction of sp³-hybridized carbons (Fsp3) is 0.417. The van der Waals surface area contributed by atoms with E-state index in [1.54, 1.807) is 0 Å². The number of halogens is 2. The van der Waals surface area contributed by atoms with E-state index in [1.165, 1.54) is 0 Å². The molecule has 0 saturated heterocycles. The molecule has 1 atom stereocenters. The molecule has 0 aliphatic carbocycles. The first-order chi connectivity index (χ1) is 8.82. The van der Waals surface area contributed by atoms with Gasteiger partial charge in [0.15, 0.2) is 0 Å². The quantitative estimate of drug-likeness (QED) is 0.514. The largest absolute Gasteiger partial charge is 0.350 e. The van der Waals surface area contributed by atoms with Gasteiger partial charge in [0.2, 0.25) is 0 Å². The Bertz CT molecular complexity index is 494. The van der Waals surface area contributed by atoms with Gasteiger partial charge in [-0.25, -0.2) is 4.39 Å². The highest BCUT2D eigenvalue weighted by atomic mass is 35.5. The molecule has 0 heterocycles. The van der Waals surface area contributed by atoms with Crippen molar-refractivity contribution in [2.75, 3.05) is 6.54 Å². The lowest BCUT2D eigenvalue weighted by Gasteiger charge is -2.14. The van der Waals surface area contributed by atoms with E-state index in [4.69, 9.17) is 11.6 Å². The Hall–Kier alpha value is -1.69. The zero-order chi connectivity index (χ0) is 14.6. The number of alkyl halides is 1. The minimum absolute atomic E-state index is 0.143. The number of rotatable bonds is 5. The molecule has 7 heteroatoms. The molecule has 0 saturated carbocycles. The van der Waals surface area contributed by atoms with Crippen LogP contribution in [0.1, 0.15) is 24.2 Å². The molecular weight excluding hydrogens is 275 g/mol. The summed E-state index contributed by atoms with van der Waals surface area (Å²) >= 11 is 5.96. The van der Waals surface area contributed by atoms with Crippen LogP contribution in [0.5, 0.6) is 0 Å². The van der Waals surface area contributed by atoms with Gasteiger partial charge in [-0.1, -0.05) is 13.8 Å². The van der Waals surface area contributed by atoms with Gasteiger partial charge in [0, 0.05) is 12.6 Å². The second-order valence-electron chi connectivity index (χ2n) is 4.39. The van der Waals surface area contributed by atoms with E-state index in [0.29, 0.717) is 0 Å². The molecule has 0 aliphatic rings. The average molecular weight is 289 g/mol. The van der Waals surface area contributed by atoms with Crippen LogP contribution in [0.3, 0.4) is 0 Å². The van der Waals surface area contributed by atoms with Crippen LogP contribution in [0.15, 0.2) is 18.2 Å². The molecule has 0 aliphatic heterocycles. The van der Waals surface area contributed by atoms with Crippen LogP contribution in [0.4, 0.5) is 10.1 Å². The lowest BCUT2D eigenvalue weighted by atomic mass is 10.1. The van der Waals surface area contributed by atoms with Gasteiger partial charge < -0.3 is 5.32 Å². The van der Waals surface area contributed by atoms with Gasteiger partial charge in [-0.15, -0.1) is 11.6 Å². The first kappa shape index (κ1) is 15.4. The fourth-order valence-corrected chi connectivity index (χ4v) is 1.45. The maximum absolute atomic E-state index is 13.1. The minimum Gasteiger partial charge on any atom is -0.350 e. The van der Waals surface area contributed by atoms with Crippen molar-refractivity contribution in [1.82, 2.24) is 5.32 Å². The molecule has 0 aromatic heterocycles.